The molecular weight excluding hydrogens is 275 g/mol. The highest BCUT2D eigenvalue weighted by molar-refractivity contribution is 5.64. The minimum Gasteiger partial charge on any atom is -0.493 e. The number of amides is 1. The summed E-state index contributed by atoms with van der Waals surface area (Å²) in [4.78, 5) is 10.5. The fourth-order valence-electron chi connectivity index (χ4n) is 2.05. The number of primary amides is 1. The smallest absolute Gasteiger partial charge is 0.416 e. The van der Waals surface area contributed by atoms with Gasteiger partial charge in [0, 0.05) is 0 Å². The Morgan fingerprint density at radius 1 is 1.35 bits per heavy atom. The van der Waals surface area contributed by atoms with E-state index in [1.54, 1.807) is 0 Å². The van der Waals surface area contributed by atoms with Crippen LogP contribution in [0, 0.1) is 5.92 Å². The number of hydrogen-bond donors (Lipinski definition) is 1. The van der Waals surface area contributed by atoms with Crippen LogP contribution < -0.4 is 10.5 Å². The van der Waals surface area contributed by atoms with Crippen LogP contribution in [-0.4, -0.2) is 18.8 Å². The number of benzene rings is 1. The van der Waals surface area contributed by atoms with Crippen LogP contribution >= 0.6 is 0 Å². The van der Waals surface area contributed by atoms with Crippen molar-refractivity contribution in [3.05, 3.63) is 29.8 Å². The van der Waals surface area contributed by atoms with Gasteiger partial charge in [0.15, 0.2) is 0 Å². The Kier molecular flexibility index (Phi) is 4.06. The van der Waals surface area contributed by atoms with E-state index in [9.17, 15) is 18.0 Å². The van der Waals surface area contributed by atoms with Crippen molar-refractivity contribution in [3.8, 4) is 5.75 Å². The highest BCUT2D eigenvalue weighted by atomic mass is 19.4. The van der Waals surface area contributed by atoms with Gasteiger partial charge in [-0.25, -0.2) is 4.79 Å². The van der Waals surface area contributed by atoms with E-state index in [1.165, 1.54) is 12.1 Å². The van der Waals surface area contributed by atoms with Crippen LogP contribution in [0.1, 0.15) is 18.4 Å². The number of alkyl halides is 3. The number of nitrogens with two attached hydrogens (primary N) is 1. The summed E-state index contributed by atoms with van der Waals surface area (Å²) < 4.78 is 47.6. The van der Waals surface area contributed by atoms with E-state index in [2.05, 4.69) is 0 Å². The van der Waals surface area contributed by atoms with Gasteiger partial charge in [0.25, 0.3) is 0 Å². The Balaban J connectivity index is 1.80. The van der Waals surface area contributed by atoms with Crippen LogP contribution in [0.4, 0.5) is 18.0 Å². The number of rotatable bonds is 4. The first-order valence-corrected chi connectivity index (χ1v) is 6.10. The molecule has 0 atom stereocenters. The van der Waals surface area contributed by atoms with E-state index >= 15 is 0 Å². The van der Waals surface area contributed by atoms with Gasteiger partial charge in [-0.15, -0.1) is 0 Å². The number of hydrogen-bond acceptors (Lipinski definition) is 3. The fraction of sp³-hybridized carbons (Fsp3) is 0.462. The number of carbonyl (C=O) groups is 1. The van der Waals surface area contributed by atoms with Gasteiger partial charge in [-0.05, 0) is 37.0 Å². The van der Waals surface area contributed by atoms with Crippen molar-refractivity contribution in [2.24, 2.45) is 11.7 Å². The van der Waals surface area contributed by atoms with Gasteiger partial charge < -0.3 is 15.2 Å². The lowest BCUT2D eigenvalue weighted by atomic mass is 9.83. The normalized spacial score (nSPS) is 21.9. The SMILES string of the molecule is NC(=O)OC1CC(COc2cccc(C(F)(F)F)c2)C1. The van der Waals surface area contributed by atoms with Crippen LogP contribution in [0.3, 0.4) is 0 Å². The Labute approximate surface area is 113 Å². The Bertz CT molecular complexity index is 484. The average molecular weight is 289 g/mol. The molecule has 20 heavy (non-hydrogen) atoms. The summed E-state index contributed by atoms with van der Waals surface area (Å²) in [6, 6.07) is 4.74. The van der Waals surface area contributed by atoms with Crippen molar-refractivity contribution >= 4 is 6.09 Å². The molecule has 1 aromatic carbocycles. The number of ether oxygens (including phenoxy) is 2. The molecule has 2 rings (SSSR count). The summed E-state index contributed by atoms with van der Waals surface area (Å²) in [5.74, 6) is 0.341. The second-order valence-electron chi connectivity index (χ2n) is 4.73. The third kappa shape index (κ3) is 3.79. The van der Waals surface area contributed by atoms with E-state index in [0.717, 1.165) is 12.1 Å². The topological polar surface area (TPSA) is 61.6 Å². The zero-order valence-corrected chi connectivity index (χ0v) is 10.5. The molecular formula is C13H14F3NO3. The lowest BCUT2D eigenvalue weighted by Gasteiger charge is -2.33. The standard InChI is InChI=1S/C13H14F3NO3/c14-13(15,16)9-2-1-3-10(6-9)19-7-8-4-11(5-8)20-12(17)18/h1-3,6,8,11H,4-5,7H2,(H2,17,18). The maximum atomic E-state index is 12.5. The van der Waals surface area contributed by atoms with Crippen LogP contribution in [0.2, 0.25) is 0 Å². The molecule has 0 radical (unpaired) electrons. The van der Waals surface area contributed by atoms with Crippen molar-refractivity contribution in [1.29, 1.82) is 0 Å². The first-order valence-electron chi connectivity index (χ1n) is 6.10. The van der Waals surface area contributed by atoms with Crippen molar-refractivity contribution in [1.82, 2.24) is 0 Å². The quantitative estimate of drug-likeness (QED) is 0.927. The van der Waals surface area contributed by atoms with Crippen molar-refractivity contribution in [2.45, 2.75) is 25.1 Å². The molecule has 1 saturated carbocycles. The predicted octanol–water partition coefficient (Wildman–Crippen LogP) is 2.96. The monoisotopic (exact) mass is 289 g/mol. The van der Waals surface area contributed by atoms with Gasteiger partial charge in [-0.1, -0.05) is 6.07 Å². The maximum absolute atomic E-state index is 12.5. The van der Waals surface area contributed by atoms with Gasteiger partial charge in [-0.3, -0.25) is 0 Å². The molecule has 2 N–H and O–H groups in total. The van der Waals surface area contributed by atoms with Crippen LogP contribution in [0.15, 0.2) is 24.3 Å². The van der Waals surface area contributed by atoms with Crippen LogP contribution in [-0.2, 0) is 10.9 Å². The molecule has 1 amide bonds. The lowest BCUT2D eigenvalue weighted by molar-refractivity contribution is -0.137. The maximum Gasteiger partial charge on any atom is 0.416 e. The molecule has 0 heterocycles. The first kappa shape index (κ1) is 14.5. The third-order valence-electron chi connectivity index (χ3n) is 3.12. The lowest BCUT2D eigenvalue weighted by Crippen LogP contribution is -2.37. The molecule has 0 aliphatic heterocycles. The van der Waals surface area contributed by atoms with Gasteiger partial charge in [0.05, 0.1) is 12.2 Å². The van der Waals surface area contributed by atoms with Crippen molar-refractivity contribution in [3.63, 3.8) is 0 Å². The molecule has 0 saturated heterocycles. The molecule has 0 aromatic heterocycles. The molecule has 0 unspecified atom stereocenters. The Morgan fingerprint density at radius 2 is 2.05 bits per heavy atom. The van der Waals surface area contributed by atoms with Gasteiger partial charge >= 0.3 is 12.3 Å². The zero-order chi connectivity index (χ0) is 14.8. The van der Waals surface area contributed by atoms with E-state index in [-0.39, 0.29) is 17.8 Å². The van der Waals surface area contributed by atoms with E-state index in [0.29, 0.717) is 19.4 Å². The summed E-state index contributed by atoms with van der Waals surface area (Å²) in [5, 5.41) is 0. The third-order valence-corrected chi connectivity index (χ3v) is 3.12. The minimum atomic E-state index is -4.38. The largest absolute Gasteiger partial charge is 0.493 e. The predicted molar refractivity (Wildman–Crippen MR) is 64.1 cm³/mol. The molecule has 4 nitrogen and oxygen atoms in total. The van der Waals surface area contributed by atoms with Crippen LogP contribution in [0.25, 0.3) is 0 Å². The van der Waals surface area contributed by atoms with Crippen molar-refractivity contribution in [2.75, 3.05) is 6.61 Å². The second kappa shape index (κ2) is 5.60. The van der Waals surface area contributed by atoms with Gasteiger partial charge in [0.2, 0.25) is 0 Å². The fourth-order valence-corrected chi connectivity index (χ4v) is 2.05. The summed E-state index contributed by atoms with van der Waals surface area (Å²) in [7, 11) is 0. The number of carbonyl (C=O) groups excluding carboxylic acids is 1. The van der Waals surface area contributed by atoms with E-state index < -0.39 is 17.8 Å². The molecule has 1 aliphatic carbocycles. The van der Waals surface area contributed by atoms with Crippen LogP contribution in [0.5, 0.6) is 5.75 Å². The van der Waals surface area contributed by atoms with E-state index in [4.69, 9.17) is 15.2 Å². The molecule has 1 aromatic rings. The zero-order valence-electron chi connectivity index (χ0n) is 10.5. The average Bonchev–Trinajstić information content (AvgIpc) is 2.31. The summed E-state index contributed by atoms with van der Waals surface area (Å²) in [6.07, 6.45) is -4.17. The molecule has 0 bridgehead atoms. The van der Waals surface area contributed by atoms with E-state index in [1.807, 2.05) is 0 Å². The second-order valence-corrected chi connectivity index (χ2v) is 4.73. The highest BCUT2D eigenvalue weighted by Gasteiger charge is 2.33. The van der Waals surface area contributed by atoms with Crippen molar-refractivity contribution < 1.29 is 27.4 Å². The molecule has 7 heteroatoms. The van der Waals surface area contributed by atoms with Gasteiger partial charge in [0.1, 0.15) is 11.9 Å². The summed E-state index contributed by atoms with van der Waals surface area (Å²) >= 11 is 0. The molecule has 0 spiro atoms. The Hall–Kier alpha value is -1.92. The number of halogens is 3. The van der Waals surface area contributed by atoms with Gasteiger partial charge in [-0.2, -0.15) is 13.2 Å². The molecule has 1 fully saturated rings. The first-order chi connectivity index (χ1) is 9.34. The summed E-state index contributed by atoms with van der Waals surface area (Å²) in [5.41, 5.74) is 4.13. The molecule has 1 aliphatic rings. The molecule has 110 valence electrons. The Morgan fingerprint density at radius 3 is 2.65 bits per heavy atom. The summed E-state index contributed by atoms with van der Waals surface area (Å²) in [6.45, 7) is 0.292. The minimum absolute atomic E-state index is 0.161. The highest BCUT2D eigenvalue weighted by Crippen LogP contribution is 2.33.